The molecule has 14 nitrogen and oxygen atoms in total. The van der Waals surface area contributed by atoms with E-state index in [1.54, 1.807) is 58.0 Å². The van der Waals surface area contributed by atoms with E-state index in [-0.39, 0.29) is 43.7 Å². The summed E-state index contributed by atoms with van der Waals surface area (Å²) in [5.41, 5.74) is 3.44. The topological polar surface area (TPSA) is 175 Å². The van der Waals surface area contributed by atoms with E-state index in [4.69, 9.17) is 24.1 Å². The highest BCUT2D eigenvalue weighted by Gasteiger charge is 2.11. The van der Waals surface area contributed by atoms with Gasteiger partial charge in [-0.3, -0.25) is 9.48 Å². The molecule has 4 aromatic rings. The molecule has 0 atom stereocenters. The molecule has 46 heavy (non-hydrogen) atoms. The molecule has 0 aliphatic heterocycles. The van der Waals surface area contributed by atoms with Gasteiger partial charge in [-0.25, -0.2) is 4.68 Å². The molecule has 0 fully saturated rings. The zero-order valence-electron chi connectivity index (χ0n) is 25.7. The van der Waals surface area contributed by atoms with Crippen molar-refractivity contribution in [2.24, 2.45) is 0 Å². The maximum atomic E-state index is 13.0. The second-order valence-corrected chi connectivity index (χ2v) is 9.88. The molecular formula is C32H38N6O8. The Morgan fingerprint density at radius 3 is 2.17 bits per heavy atom. The number of aromatic nitrogens is 5. The Labute approximate surface area is 266 Å². The number of nitrogens with zero attached hydrogens (tertiary/aromatic N) is 5. The van der Waals surface area contributed by atoms with Gasteiger partial charge in [-0.2, -0.15) is 5.10 Å². The highest BCUT2D eigenvalue weighted by atomic mass is 16.5. The van der Waals surface area contributed by atoms with Crippen LogP contribution in [0.25, 0.3) is 24.3 Å². The van der Waals surface area contributed by atoms with Crippen LogP contribution in [0.3, 0.4) is 0 Å². The standard InChI is InChI=1S/C32H38N6O8/c1-43-30-17-23(5-9-28(30)40)3-7-25-19-27(8-4-24-6-10-29(41)31(18-24)44-2)38(35-25)22-32(42)33-20-26-21-37(36-34-26)11-13-45-15-16-46-14-12-39/h3-10,17-19,21,39-41H,11-16,20,22H2,1-2H3,(H,33,42). The van der Waals surface area contributed by atoms with E-state index in [0.717, 1.165) is 11.1 Å². The molecule has 0 aliphatic carbocycles. The van der Waals surface area contributed by atoms with Crippen LogP contribution in [0.5, 0.6) is 23.0 Å². The van der Waals surface area contributed by atoms with Crippen LogP contribution < -0.4 is 14.8 Å². The fourth-order valence-corrected chi connectivity index (χ4v) is 4.21. The van der Waals surface area contributed by atoms with Crippen LogP contribution in [0.2, 0.25) is 0 Å². The van der Waals surface area contributed by atoms with Crippen LogP contribution in [-0.4, -0.2) is 93.3 Å². The summed E-state index contributed by atoms with van der Waals surface area (Å²) < 4.78 is 24.2. The molecule has 2 aromatic carbocycles. The first kappa shape index (κ1) is 33.7. The molecule has 2 aromatic heterocycles. The van der Waals surface area contributed by atoms with Gasteiger partial charge in [0.25, 0.3) is 0 Å². The minimum Gasteiger partial charge on any atom is -0.504 e. The molecule has 0 aliphatic rings. The second-order valence-electron chi connectivity index (χ2n) is 9.88. The van der Waals surface area contributed by atoms with Crippen molar-refractivity contribution in [2.75, 3.05) is 47.3 Å². The number of amides is 1. The number of phenols is 2. The molecule has 4 N–H and O–H groups in total. The van der Waals surface area contributed by atoms with Crippen LogP contribution in [0.15, 0.2) is 48.7 Å². The monoisotopic (exact) mass is 634 g/mol. The summed E-state index contributed by atoms with van der Waals surface area (Å²) in [6.45, 7) is 2.11. The maximum absolute atomic E-state index is 13.0. The summed E-state index contributed by atoms with van der Waals surface area (Å²) in [6, 6.07) is 11.8. The second kappa shape index (κ2) is 17.3. The van der Waals surface area contributed by atoms with Crippen LogP contribution in [0.1, 0.15) is 28.2 Å². The lowest BCUT2D eigenvalue weighted by molar-refractivity contribution is -0.122. The van der Waals surface area contributed by atoms with Crippen LogP contribution >= 0.6 is 0 Å². The Morgan fingerprint density at radius 1 is 0.870 bits per heavy atom. The Bertz CT molecular complexity index is 1630. The summed E-state index contributed by atoms with van der Waals surface area (Å²) in [6.07, 6.45) is 9.01. The van der Waals surface area contributed by atoms with Crippen LogP contribution in [0.4, 0.5) is 0 Å². The molecule has 0 bridgehead atoms. The van der Waals surface area contributed by atoms with E-state index in [2.05, 4.69) is 20.7 Å². The van der Waals surface area contributed by atoms with E-state index in [1.807, 2.05) is 24.3 Å². The van der Waals surface area contributed by atoms with Gasteiger partial charge < -0.3 is 39.6 Å². The van der Waals surface area contributed by atoms with Crippen LogP contribution in [0, 0.1) is 0 Å². The van der Waals surface area contributed by atoms with Crippen molar-refractivity contribution in [2.45, 2.75) is 19.6 Å². The normalized spacial score (nSPS) is 11.5. The Morgan fingerprint density at radius 2 is 1.52 bits per heavy atom. The fourth-order valence-electron chi connectivity index (χ4n) is 4.21. The number of benzene rings is 2. The summed E-state index contributed by atoms with van der Waals surface area (Å²) in [5, 5.41) is 44.1. The molecule has 0 spiro atoms. The Hall–Kier alpha value is -5.18. The minimum atomic E-state index is -0.274. The number of rotatable bonds is 18. The van der Waals surface area contributed by atoms with Gasteiger partial charge in [0.1, 0.15) is 12.2 Å². The lowest BCUT2D eigenvalue weighted by atomic mass is 10.1. The third-order valence-corrected chi connectivity index (χ3v) is 6.55. The molecule has 4 rings (SSSR count). The minimum absolute atomic E-state index is 0.0216. The largest absolute Gasteiger partial charge is 0.504 e. The highest BCUT2D eigenvalue weighted by Crippen LogP contribution is 2.28. The van der Waals surface area contributed by atoms with Crippen molar-refractivity contribution >= 4 is 30.2 Å². The van der Waals surface area contributed by atoms with E-state index in [9.17, 15) is 15.0 Å². The number of phenolic OH excluding ortho intramolecular Hbond substituents is 2. The van der Waals surface area contributed by atoms with Gasteiger partial charge in [0.2, 0.25) is 5.91 Å². The smallest absolute Gasteiger partial charge is 0.242 e. The van der Waals surface area contributed by atoms with Gasteiger partial charge in [0, 0.05) is 0 Å². The number of hydrogen-bond donors (Lipinski definition) is 4. The molecule has 1 amide bonds. The predicted molar refractivity (Wildman–Crippen MR) is 170 cm³/mol. The first-order valence-electron chi connectivity index (χ1n) is 14.5. The summed E-state index contributed by atoms with van der Waals surface area (Å²) >= 11 is 0. The van der Waals surface area contributed by atoms with Gasteiger partial charge in [0.05, 0.1) is 77.9 Å². The SMILES string of the molecule is COc1cc(C=Cc2cc(C=Cc3ccc(O)c(OC)c3)n(CC(=O)NCc3cn(CCOCCOCCO)nn3)n2)ccc1O. The maximum Gasteiger partial charge on any atom is 0.242 e. The van der Waals surface area contributed by atoms with Gasteiger partial charge in [-0.05, 0) is 53.6 Å². The summed E-state index contributed by atoms with van der Waals surface area (Å²) in [7, 11) is 2.96. The molecule has 244 valence electrons. The molecule has 0 saturated heterocycles. The molecule has 0 saturated carbocycles. The molecule has 0 unspecified atom stereocenters. The van der Waals surface area contributed by atoms with E-state index in [0.29, 0.717) is 54.9 Å². The number of methoxy groups -OCH3 is 2. The third kappa shape index (κ3) is 10.2. The zero-order valence-corrected chi connectivity index (χ0v) is 25.7. The number of aromatic hydroxyl groups is 2. The third-order valence-electron chi connectivity index (χ3n) is 6.55. The van der Waals surface area contributed by atoms with Crippen molar-refractivity contribution in [1.82, 2.24) is 30.1 Å². The molecular weight excluding hydrogens is 596 g/mol. The van der Waals surface area contributed by atoms with Crippen molar-refractivity contribution in [1.29, 1.82) is 0 Å². The first-order chi connectivity index (χ1) is 22.4. The van der Waals surface area contributed by atoms with Gasteiger partial charge in [-0.15, -0.1) is 5.10 Å². The van der Waals surface area contributed by atoms with E-state index >= 15 is 0 Å². The lowest BCUT2D eigenvalue weighted by Crippen LogP contribution is -2.28. The van der Waals surface area contributed by atoms with Gasteiger partial charge in [0.15, 0.2) is 23.0 Å². The van der Waals surface area contributed by atoms with Gasteiger partial charge >= 0.3 is 0 Å². The molecule has 0 radical (unpaired) electrons. The predicted octanol–water partition coefficient (Wildman–Crippen LogP) is 2.59. The Balaban J connectivity index is 1.41. The average molecular weight is 635 g/mol. The first-order valence-corrected chi connectivity index (χ1v) is 14.5. The van der Waals surface area contributed by atoms with E-state index in [1.165, 1.54) is 14.2 Å². The number of aliphatic hydroxyl groups is 1. The van der Waals surface area contributed by atoms with Crippen molar-refractivity contribution in [3.05, 3.63) is 76.9 Å². The molecule has 2 heterocycles. The van der Waals surface area contributed by atoms with Crippen molar-refractivity contribution in [3.8, 4) is 23.0 Å². The average Bonchev–Trinajstić information content (AvgIpc) is 3.68. The lowest BCUT2D eigenvalue weighted by Gasteiger charge is -2.06. The number of carbonyl (C=O) groups is 1. The van der Waals surface area contributed by atoms with Crippen LogP contribution in [-0.2, 0) is 33.9 Å². The number of ether oxygens (including phenoxy) is 4. The quantitative estimate of drug-likeness (QED) is 0.118. The highest BCUT2D eigenvalue weighted by molar-refractivity contribution is 5.77. The number of aliphatic hydroxyl groups excluding tert-OH is 1. The zero-order chi connectivity index (χ0) is 32.7. The fraction of sp³-hybridized carbons (Fsp3) is 0.312. The van der Waals surface area contributed by atoms with Crippen molar-refractivity contribution < 1.29 is 39.1 Å². The van der Waals surface area contributed by atoms with Gasteiger partial charge in [-0.1, -0.05) is 29.5 Å². The number of carbonyl (C=O) groups excluding carboxylic acids is 1. The van der Waals surface area contributed by atoms with Crippen molar-refractivity contribution in [3.63, 3.8) is 0 Å². The molecule has 14 heteroatoms. The summed E-state index contributed by atoms with van der Waals surface area (Å²) in [5.74, 6) is 0.501. The number of hydrogen-bond acceptors (Lipinski definition) is 11. The summed E-state index contributed by atoms with van der Waals surface area (Å²) in [4.78, 5) is 13.0. The Kier molecular flexibility index (Phi) is 12.7. The van der Waals surface area contributed by atoms with E-state index < -0.39 is 0 Å². The number of nitrogens with one attached hydrogen (secondary N) is 1.